The zero-order chi connectivity index (χ0) is 13.2. The highest BCUT2D eigenvalue weighted by Gasteiger charge is 2.39. The van der Waals surface area contributed by atoms with Gasteiger partial charge in [-0.1, -0.05) is 12.8 Å². The Morgan fingerprint density at radius 3 is 2.12 bits per heavy atom. The lowest BCUT2D eigenvalue weighted by Crippen LogP contribution is -2.35. The van der Waals surface area contributed by atoms with Crippen LogP contribution in [0.15, 0.2) is 0 Å². The predicted octanol–water partition coefficient (Wildman–Crippen LogP) is 3.67. The predicted molar refractivity (Wildman–Crippen MR) is 58.4 cm³/mol. The lowest BCUT2D eigenvalue weighted by molar-refractivity contribution is 0.493. The van der Waals surface area contributed by atoms with Crippen molar-refractivity contribution in [3.05, 3.63) is 0 Å². The van der Waals surface area contributed by atoms with Gasteiger partial charge in [-0.2, -0.15) is 21.4 Å². The van der Waals surface area contributed by atoms with Gasteiger partial charge in [-0.25, -0.2) is 4.21 Å². The molecule has 9 heteroatoms. The van der Waals surface area contributed by atoms with Gasteiger partial charge in [0, 0.05) is 0 Å². The number of hydrogen-bond acceptors (Lipinski definition) is 1. The van der Waals surface area contributed by atoms with Gasteiger partial charge in [0.1, 0.15) is 0 Å². The quantitative estimate of drug-likeness (QED) is 0.432. The molecular weight excluding hydrogens is 290 g/mol. The van der Waals surface area contributed by atoms with Crippen LogP contribution in [0.5, 0.6) is 0 Å². The molecule has 1 nitrogen and oxygen atoms in total. The Hall–Kier alpha value is -0.180. The Morgan fingerprint density at radius 1 is 1.12 bits per heavy atom. The van der Waals surface area contributed by atoms with Crippen molar-refractivity contribution in [3.63, 3.8) is 0 Å². The van der Waals surface area contributed by atoms with Crippen LogP contribution in [0.3, 0.4) is 0 Å². The lowest BCUT2D eigenvalue weighted by Gasteiger charge is -2.29. The molecule has 0 saturated heterocycles. The van der Waals surface area contributed by atoms with Crippen molar-refractivity contribution in [1.29, 1.82) is 0 Å². The van der Waals surface area contributed by atoms with Crippen molar-refractivity contribution in [3.8, 4) is 0 Å². The highest BCUT2D eigenvalue weighted by atomic mass is 32.2. The molecule has 0 radical (unpaired) electrons. The molecule has 0 amide bonds. The summed E-state index contributed by atoms with van der Waals surface area (Å²) in [5.41, 5.74) is 0. The largest absolute Gasteiger partial charge is 0.351 e. The van der Waals surface area contributed by atoms with Crippen molar-refractivity contribution < 1.29 is 29.5 Å². The molecule has 0 spiro atoms. The minimum Gasteiger partial charge on any atom is -0.230 e. The highest BCUT2D eigenvalue weighted by molar-refractivity contribution is 8.12. The summed E-state index contributed by atoms with van der Waals surface area (Å²) in [4.78, 5) is 0. The molecule has 0 bridgehead atoms. The van der Waals surface area contributed by atoms with E-state index in [2.05, 4.69) is 0 Å². The van der Waals surface area contributed by atoms with Crippen LogP contribution in [-0.4, -0.2) is 25.5 Å². The van der Waals surface area contributed by atoms with Gasteiger partial charge < -0.3 is 0 Å². The summed E-state index contributed by atoms with van der Waals surface area (Å²) in [6.45, 7) is 0. The number of halogens is 6. The molecule has 1 saturated carbocycles. The first-order valence-electron chi connectivity index (χ1n) is 4.76. The molecule has 0 aromatic carbocycles. The SMILES string of the molecule is O=S(F)(=C(F)F)C1CCCCC1S(F)=C(F)F. The van der Waals surface area contributed by atoms with Gasteiger partial charge in [-0.05, 0) is 12.8 Å². The summed E-state index contributed by atoms with van der Waals surface area (Å²) in [6.07, 6.45) is 0.194. The topological polar surface area (TPSA) is 17.1 Å². The fourth-order valence-electron chi connectivity index (χ4n) is 1.88. The van der Waals surface area contributed by atoms with Crippen molar-refractivity contribution in [2.45, 2.75) is 36.2 Å². The summed E-state index contributed by atoms with van der Waals surface area (Å²) in [5.74, 6) is 0. The van der Waals surface area contributed by atoms with Gasteiger partial charge in [0.15, 0.2) is 9.91 Å². The van der Waals surface area contributed by atoms with Crippen molar-refractivity contribution in [1.82, 2.24) is 0 Å². The average molecular weight is 300 g/mol. The lowest BCUT2D eigenvalue weighted by atomic mass is 10.00. The third-order valence-electron chi connectivity index (χ3n) is 2.65. The van der Waals surface area contributed by atoms with Crippen LogP contribution in [0.4, 0.5) is 25.3 Å². The first-order chi connectivity index (χ1) is 7.78. The van der Waals surface area contributed by atoms with E-state index in [1.807, 2.05) is 0 Å². The van der Waals surface area contributed by atoms with Gasteiger partial charge in [0.2, 0.25) is 0 Å². The summed E-state index contributed by atoms with van der Waals surface area (Å²) in [6, 6.07) is 0. The Balaban J connectivity index is 3.18. The molecule has 0 aromatic rings. The van der Waals surface area contributed by atoms with Crippen LogP contribution in [0.25, 0.3) is 0 Å². The van der Waals surface area contributed by atoms with Crippen molar-refractivity contribution in [2.24, 2.45) is 0 Å². The maximum atomic E-state index is 13.3. The van der Waals surface area contributed by atoms with E-state index in [4.69, 9.17) is 0 Å². The molecule has 1 rings (SSSR count). The van der Waals surface area contributed by atoms with Gasteiger partial charge in [0.25, 0.3) is 0 Å². The van der Waals surface area contributed by atoms with E-state index in [9.17, 15) is 29.5 Å². The van der Waals surface area contributed by atoms with Gasteiger partial charge in [-0.3, -0.25) is 0 Å². The van der Waals surface area contributed by atoms with Gasteiger partial charge >= 0.3 is 10.7 Å². The molecule has 1 aliphatic rings. The van der Waals surface area contributed by atoms with E-state index < -0.39 is 42.0 Å². The van der Waals surface area contributed by atoms with Crippen LogP contribution in [0, 0.1) is 0 Å². The molecule has 4 unspecified atom stereocenters. The molecule has 0 aromatic heterocycles. The first kappa shape index (κ1) is 14.9. The molecule has 0 heterocycles. The molecule has 1 fully saturated rings. The maximum Gasteiger partial charge on any atom is 0.351 e. The Morgan fingerprint density at radius 2 is 1.65 bits per heavy atom. The van der Waals surface area contributed by atoms with E-state index in [1.54, 1.807) is 0 Å². The first-order valence-corrected chi connectivity index (χ1v) is 7.47. The number of hydrogen-bond donors (Lipinski definition) is 0. The molecule has 102 valence electrons. The second-order valence-electron chi connectivity index (χ2n) is 3.62. The minimum atomic E-state index is -5.17. The Labute approximate surface area is 97.7 Å². The minimum absolute atomic E-state index is 0.157. The van der Waals surface area contributed by atoms with Crippen LogP contribution in [0.1, 0.15) is 25.7 Å². The van der Waals surface area contributed by atoms with Crippen LogP contribution in [-0.2, 0) is 9.91 Å². The Bertz CT molecular complexity index is 431. The molecule has 1 aliphatic carbocycles. The van der Waals surface area contributed by atoms with E-state index in [-0.39, 0.29) is 19.3 Å². The monoisotopic (exact) mass is 300 g/mol. The third-order valence-corrected chi connectivity index (χ3v) is 5.98. The van der Waals surface area contributed by atoms with Crippen molar-refractivity contribution in [2.75, 3.05) is 0 Å². The summed E-state index contributed by atoms with van der Waals surface area (Å²) in [7, 11) is -8.26. The molecule has 0 N–H and O–H groups in total. The maximum absolute atomic E-state index is 13.3. The molecule has 0 aliphatic heterocycles. The summed E-state index contributed by atoms with van der Waals surface area (Å²) >= 11 is 0. The van der Waals surface area contributed by atoms with Crippen LogP contribution in [0.2, 0.25) is 0 Å². The van der Waals surface area contributed by atoms with E-state index >= 15 is 0 Å². The van der Waals surface area contributed by atoms with E-state index in [1.165, 1.54) is 0 Å². The second kappa shape index (κ2) is 5.64. The normalized spacial score (nSPS) is 30.5. The van der Waals surface area contributed by atoms with E-state index in [0.29, 0.717) is 6.42 Å². The Kier molecular flexibility index (Phi) is 4.94. The standard InChI is InChI=1S/C8H10F6OS2/c9-7(10)16(13)5-3-1-2-4-6(5)17(14,15)8(11)12/h5-6H,1-4H2. The highest BCUT2D eigenvalue weighted by Crippen LogP contribution is 2.40. The van der Waals surface area contributed by atoms with E-state index in [0.717, 1.165) is 0 Å². The molecule has 4 atom stereocenters. The summed E-state index contributed by atoms with van der Waals surface area (Å²) < 4.78 is 86.2. The molecule has 17 heavy (non-hydrogen) atoms. The fourth-order valence-corrected chi connectivity index (χ4v) is 4.83. The average Bonchev–Trinajstić information content (AvgIpc) is 2.27. The second-order valence-corrected chi connectivity index (χ2v) is 7.07. The molecular formula is C8H10F6OS2. The number of rotatable bonds is 2. The van der Waals surface area contributed by atoms with Crippen molar-refractivity contribution >= 4 is 31.5 Å². The zero-order valence-corrected chi connectivity index (χ0v) is 10.1. The van der Waals surface area contributed by atoms with Crippen LogP contribution >= 0.6 is 10.9 Å². The van der Waals surface area contributed by atoms with Gasteiger partial charge in [0.05, 0.1) is 21.4 Å². The van der Waals surface area contributed by atoms with Crippen LogP contribution < -0.4 is 0 Å². The smallest absolute Gasteiger partial charge is 0.230 e. The third kappa shape index (κ3) is 3.18. The van der Waals surface area contributed by atoms with Gasteiger partial charge in [-0.15, -0.1) is 3.89 Å². The summed E-state index contributed by atoms with van der Waals surface area (Å²) in [5, 5.41) is -8.97. The zero-order valence-electron chi connectivity index (χ0n) is 8.48. The fraction of sp³-hybridized carbons (Fsp3) is 0.750.